The van der Waals surface area contributed by atoms with E-state index in [0.29, 0.717) is 39.8 Å². The molecule has 0 aliphatic heterocycles. The number of primary amides is 1. The molecule has 164 valence electrons. The maximum Gasteiger partial charge on any atom is 0.254 e. The molecule has 2 N–H and O–H groups in total. The fourth-order valence-electron chi connectivity index (χ4n) is 3.59. The van der Waals surface area contributed by atoms with Crippen LogP contribution >= 0.6 is 11.3 Å². The summed E-state index contributed by atoms with van der Waals surface area (Å²) in [6, 6.07) is 16.8. The minimum atomic E-state index is -0.478. The van der Waals surface area contributed by atoms with Crippen molar-refractivity contribution in [3.8, 4) is 50.4 Å². The Morgan fingerprint density at radius 3 is 2.58 bits per heavy atom. The van der Waals surface area contributed by atoms with Gasteiger partial charge in [-0.2, -0.15) is 0 Å². The van der Waals surface area contributed by atoms with Crippen LogP contribution in [0.2, 0.25) is 0 Å². The summed E-state index contributed by atoms with van der Waals surface area (Å²) < 4.78 is 17.0. The second-order valence-electron chi connectivity index (χ2n) is 7.18. The predicted octanol–water partition coefficient (Wildman–Crippen LogP) is 5.20. The van der Waals surface area contributed by atoms with Gasteiger partial charge in [0.15, 0.2) is 0 Å². The highest BCUT2D eigenvalue weighted by molar-refractivity contribution is 7.14. The molecule has 3 aromatic heterocycles. The summed E-state index contributed by atoms with van der Waals surface area (Å²) in [4.78, 5) is 12.5. The molecule has 0 fully saturated rings. The molecule has 0 aliphatic carbocycles. The zero-order valence-electron chi connectivity index (χ0n) is 17.7. The first-order valence-electron chi connectivity index (χ1n) is 9.98. The number of carbonyl (C=O) groups is 1. The lowest BCUT2D eigenvalue weighted by Gasteiger charge is -2.08. The Bertz CT molecular complexity index is 1450. The molecule has 1 amide bonds. The van der Waals surface area contributed by atoms with Crippen molar-refractivity contribution in [1.82, 2.24) is 15.4 Å². The number of amides is 1. The topological polar surface area (TPSA) is 117 Å². The number of nitrogens with zero attached hydrogens (tertiary/aromatic N) is 3. The molecule has 0 aliphatic rings. The molecule has 0 saturated carbocycles. The third kappa shape index (κ3) is 3.68. The Morgan fingerprint density at radius 1 is 1.03 bits per heavy atom. The lowest BCUT2D eigenvalue weighted by atomic mass is 10.1. The van der Waals surface area contributed by atoms with Crippen molar-refractivity contribution >= 4 is 17.2 Å². The van der Waals surface area contributed by atoms with Gasteiger partial charge in [-0.3, -0.25) is 4.79 Å². The lowest BCUT2D eigenvalue weighted by Crippen LogP contribution is -2.10. The second kappa shape index (κ2) is 8.36. The first kappa shape index (κ1) is 20.7. The molecule has 0 radical (unpaired) electrons. The third-order valence-corrected chi connectivity index (χ3v) is 6.14. The minimum absolute atomic E-state index is 0.286. The van der Waals surface area contributed by atoms with Crippen molar-refractivity contribution in [2.45, 2.75) is 6.92 Å². The molecule has 0 unspecified atom stereocenters. The zero-order chi connectivity index (χ0) is 22.9. The molecule has 0 saturated heterocycles. The van der Waals surface area contributed by atoms with E-state index in [1.807, 2.05) is 53.9 Å². The number of hydrogen-bond donors (Lipinski definition) is 1. The van der Waals surface area contributed by atoms with Crippen LogP contribution in [-0.4, -0.2) is 28.4 Å². The summed E-state index contributed by atoms with van der Waals surface area (Å²) in [6.45, 7) is 1.80. The van der Waals surface area contributed by atoms with Crippen LogP contribution in [0.4, 0.5) is 0 Å². The summed E-state index contributed by atoms with van der Waals surface area (Å²) in [5, 5.41) is 14.5. The summed E-state index contributed by atoms with van der Waals surface area (Å²) in [6.07, 6.45) is 0. The van der Waals surface area contributed by atoms with Crippen LogP contribution in [0, 0.1) is 6.92 Å². The summed E-state index contributed by atoms with van der Waals surface area (Å²) in [5.41, 5.74) is 9.53. The molecule has 9 heteroatoms. The van der Waals surface area contributed by atoms with Crippen LogP contribution in [0.1, 0.15) is 16.1 Å². The van der Waals surface area contributed by atoms with Gasteiger partial charge in [-0.15, -0.1) is 21.5 Å². The average molecular weight is 458 g/mol. The SMILES string of the molecule is COc1cc(-c2sccc2C(N)=O)ccc1-c1nnc(-c2c(-c3ccccc3)noc2C)o1. The highest BCUT2D eigenvalue weighted by Crippen LogP contribution is 2.39. The van der Waals surface area contributed by atoms with E-state index in [2.05, 4.69) is 15.4 Å². The number of thiophene rings is 1. The van der Waals surface area contributed by atoms with Gasteiger partial charge in [0.05, 0.1) is 18.2 Å². The molecule has 3 heterocycles. The van der Waals surface area contributed by atoms with E-state index in [1.165, 1.54) is 11.3 Å². The standard InChI is InChI=1S/C24H18N4O4S/c1-13-19(20(28-32-13)14-6-4-3-5-7-14)24-27-26-23(31-24)16-9-8-15(12-18(16)30-2)21-17(22(25)29)10-11-33-21/h3-12H,1-2H3,(H2,25,29). The van der Waals surface area contributed by atoms with Crippen molar-refractivity contribution in [2.24, 2.45) is 5.73 Å². The lowest BCUT2D eigenvalue weighted by molar-refractivity contribution is 0.100. The Labute approximate surface area is 192 Å². The first-order valence-corrected chi connectivity index (χ1v) is 10.9. The fraction of sp³-hybridized carbons (Fsp3) is 0.0833. The number of benzene rings is 2. The molecule has 33 heavy (non-hydrogen) atoms. The summed E-state index contributed by atoms with van der Waals surface area (Å²) >= 11 is 1.43. The number of rotatable bonds is 6. The number of aromatic nitrogens is 3. The number of nitrogens with two attached hydrogens (primary N) is 1. The van der Waals surface area contributed by atoms with Crippen LogP contribution in [0.25, 0.3) is 44.6 Å². The molecular weight excluding hydrogens is 440 g/mol. The van der Waals surface area contributed by atoms with Gasteiger partial charge in [0, 0.05) is 10.4 Å². The Balaban J connectivity index is 1.55. The van der Waals surface area contributed by atoms with Gasteiger partial charge in [0.2, 0.25) is 5.91 Å². The van der Waals surface area contributed by atoms with Gasteiger partial charge < -0.3 is 19.4 Å². The summed E-state index contributed by atoms with van der Waals surface area (Å²) in [5.74, 6) is 1.20. The van der Waals surface area contributed by atoms with Gasteiger partial charge in [-0.05, 0) is 36.1 Å². The van der Waals surface area contributed by atoms with Crippen LogP contribution in [-0.2, 0) is 0 Å². The molecule has 5 rings (SSSR count). The molecule has 0 atom stereocenters. The maximum atomic E-state index is 11.7. The van der Waals surface area contributed by atoms with Crippen LogP contribution in [0.3, 0.4) is 0 Å². The van der Waals surface area contributed by atoms with Crippen LogP contribution in [0.15, 0.2) is 68.9 Å². The van der Waals surface area contributed by atoms with Crippen LogP contribution in [0.5, 0.6) is 5.75 Å². The predicted molar refractivity (Wildman–Crippen MR) is 124 cm³/mol. The van der Waals surface area contributed by atoms with Gasteiger partial charge in [-0.1, -0.05) is 41.6 Å². The molecule has 2 aromatic carbocycles. The minimum Gasteiger partial charge on any atom is -0.496 e. The van der Waals surface area contributed by atoms with Crippen molar-refractivity contribution < 1.29 is 18.5 Å². The molecular formula is C24H18N4O4S. The van der Waals surface area contributed by atoms with Crippen LogP contribution < -0.4 is 10.5 Å². The van der Waals surface area contributed by atoms with E-state index in [0.717, 1.165) is 16.0 Å². The van der Waals surface area contributed by atoms with Gasteiger partial charge in [0.25, 0.3) is 11.8 Å². The Kier molecular flexibility index (Phi) is 5.23. The smallest absolute Gasteiger partial charge is 0.254 e. The molecule has 8 nitrogen and oxygen atoms in total. The third-order valence-electron chi connectivity index (χ3n) is 5.17. The van der Waals surface area contributed by atoms with Crippen molar-refractivity contribution in [3.63, 3.8) is 0 Å². The van der Waals surface area contributed by atoms with Gasteiger partial charge in [0.1, 0.15) is 22.8 Å². The highest BCUT2D eigenvalue weighted by atomic mass is 32.1. The highest BCUT2D eigenvalue weighted by Gasteiger charge is 2.23. The fourth-order valence-corrected chi connectivity index (χ4v) is 4.49. The van der Waals surface area contributed by atoms with Crippen molar-refractivity contribution in [3.05, 3.63) is 71.3 Å². The van der Waals surface area contributed by atoms with Crippen molar-refractivity contribution in [1.29, 1.82) is 0 Å². The normalized spacial score (nSPS) is 11.0. The van der Waals surface area contributed by atoms with Gasteiger partial charge >= 0.3 is 0 Å². The number of methoxy groups -OCH3 is 1. The second-order valence-corrected chi connectivity index (χ2v) is 8.10. The van der Waals surface area contributed by atoms with E-state index in [-0.39, 0.29) is 5.89 Å². The average Bonchev–Trinajstić information content (AvgIpc) is 3.58. The van der Waals surface area contributed by atoms with E-state index in [9.17, 15) is 4.79 Å². The quantitative estimate of drug-likeness (QED) is 0.371. The van der Waals surface area contributed by atoms with E-state index < -0.39 is 5.91 Å². The first-order chi connectivity index (χ1) is 16.1. The van der Waals surface area contributed by atoms with E-state index >= 15 is 0 Å². The number of carbonyl (C=O) groups excluding carboxylic acids is 1. The molecule has 0 bridgehead atoms. The van der Waals surface area contributed by atoms with Gasteiger partial charge in [-0.25, -0.2) is 0 Å². The molecule has 5 aromatic rings. The largest absolute Gasteiger partial charge is 0.496 e. The Hall–Kier alpha value is -4.24. The summed E-state index contributed by atoms with van der Waals surface area (Å²) in [7, 11) is 1.56. The van der Waals surface area contributed by atoms with Crippen molar-refractivity contribution in [2.75, 3.05) is 7.11 Å². The number of ether oxygens (including phenoxy) is 1. The number of hydrogen-bond acceptors (Lipinski definition) is 8. The maximum absolute atomic E-state index is 11.7. The monoisotopic (exact) mass is 458 g/mol. The molecule has 0 spiro atoms. The number of aryl methyl sites for hydroxylation is 1. The van der Waals surface area contributed by atoms with E-state index in [1.54, 1.807) is 20.1 Å². The zero-order valence-corrected chi connectivity index (χ0v) is 18.6. The van der Waals surface area contributed by atoms with E-state index in [4.69, 9.17) is 19.4 Å². The Morgan fingerprint density at radius 2 is 1.82 bits per heavy atom.